The monoisotopic (exact) mass is 317 g/mol. The maximum absolute atomic E-state index is 6.11. The number of aromatic nitrogens is 1. The summed E-state index contributed by atoms with van der Waals surface area (Å²) in [4.78, 5) is 4.28. The van der Waals surface area contributed by atoms with Crippen molar-refractivity contribution in [3.05, 3.63) is 27.5 Å². The van der Waals surface area contributed by atoms with Crippen LogP contribution >= 0.6 is 27.5 Å². The van der Waals surface area contributed by atoms with Crippen molar-refractivity contribution in [1.82, 2.24) is 15.4 Å². The zero-order valence-electron chi connectivity index (χ0n) is 9.92. The Morgan fingerprint density at radius 3 is 3.06 bits per heavy atom. The van der Waals surface area contributed by atoms with E-state index in [1.54, 1.807) is 0 Å². The topological polar surface area (TPSA) is 28.2 Å². The molecule has 1 fully saturated rings. The highest BCUT2D eigenvalue weighted by Gasteiger charge is 2.19. The lowest BCUT2D eigenvalue weighted by molar-refractivity contribution is 0.207. The zero-order chi connectivity index (χ0) is 12.3. The molecule has 2 rings (SSSR count). The molecule has 1 aliphatic rings. The first-order chi connectivity index (χ1) is 8.20. The van der Waals surface area contributed by atoms with Crippen LogP contribution in [0.2, 0.25) is 5.02 Å². The van der Waals surface area contributed by atoms with Gasteiger partial charge in [-0.05, 0) is 53.4 Å². The summed E-state index contributed by atoms with van der Waals surface area (Å²) >= 11 is 9.43. The van der Waals surface area contributed by atoms with Crippen LogP contribution in [0.4, 0.5) is 0 Å². The minimum absolute atomic E-state index is 0.517. The predicted molar refractivity (Wildman–Crippen MR) is 74.2 cm³/mol. The van der Waals surface area contributed by atoms with Gasteiger partial charge in [0.15, 0.2) is 0 Å². The first-order valence-electron chi connectivity index (χ1n) is 5.94. The zero-order valence-corrected chi connectivity index (χ0v) is 12.3. The Morgan fingerprint density at radius 1 is 1.53 bits per heavy atom. The molecule has 1 atom stereocenters. The molecule has 0 spiro atoms. The molecule has 0 bridgehead atoms. The van der Waals surface area contributed by atoms with E-state index in [2.05, 4.69) is 31.3 Å². The maximum Gasteiger partial charge on any atom is 0.124 e. The lowest BCUT2D eigenvalue weighted by atomic mass is 9.96. The van der Waals surface area contributed by atoms with Gasteiger partial charge in [-0.3, -0.25) is 5.43 Å². The molecule has 0 aromatic carbocycles. The van der Waals surface area contributed by atoms with Crippen LogP contribution in [0.5, 0.6) is 0 Å². The molecule has 0 amide bonds. The molecule has 1 aliphatic heterocycles. The molecule has 0 aliphatic carbocycles. The van der Waals surface area contributed by atoms with Crippen molar-refractivity contribution in [2.75, 3.05) is 20.1 Å². The standard InChI is InChI=1S/C12H17BrClN3/c1-15-17-5-3-2-4-9(8-17)10-6-11(14)12(13)16-7-10/h6-7,9,15H,2-5,8H2,1H3/t9-/m0/s1. The van der Waals surface area contributed by atoms with E-state index in [9.17, 15) is 0 Å². The molecule has 0 unspecified atom stereocenters. The Labute approximate surface area is 116 Å². The molecular weight excluding hydrogens is 302 g/mol. The minimum atomic E-state index is 0.517. The van der Waals surface area contributed by atoms with Crippen LogP contribution in [0.3, 0.4) is 0 Å². The average molecular weight is 319 g/mol. The van der Waals surface area contributed by atoms with Gasteiger partial charge in [-0.25, -0.2) is 9.99 Å². The minimum Gasteiger partial charge on any atom is -0.258 e. The highest BCUT2D eigenvalue weighted by molar-refractivity contribution is 9.10. The Bertz CT molecular complexity index is 386. The highest BCUT2D eigenvalue weighted by Crippen LogP contribution is 2.29. The van der Waals surface area contributed by atoms with Gasteiger partial charge in [0.05, 0.1) is 5.02 Å². The van der Waals surface area contributed by atoms with Gasteiger partial charge in [0.2, 0.25) is 0 Å². The number of hydrazine groups is 1. The molecule has 1 aromatic heterocycles. The van der Waals surface area contributed by atoms with Crippen LogP contribution in [-0.2, 0) is 0 Å². The van der Waals surface area contributed by atoms with Gasteiger partial charge in [-0.1, -0.05) is 18.0 Å². The average Bonchev–Trinajstić information content (AvgIpc) is 2.58. The van der Waals surface area contributed by atoms with Crippen LogP contribution < -0.4 is 5.43 Å². The van der Waals surface area contributed by atoms with Crippen LogP contribution in [-0.4, -0.2) is 30.1 Å². The molecule has 17 heavy (non-hydrogen) atoms. The molecule has 5 heteroatoms. The summed E-state index contributed by atoms with van der Waals surface area (Å²) in [6.07, 6.45) is 5.64. The van der Waals surface area contributed by atoms with Crippen LogP contribution in [0.25, 0.3) is 0 Å². The smallest absolute Gasteiger partial charge is 0.124 e. The van der Waals surface area contributed by atoms with Crippen LogP contribution in [0.15, 0.2) is 16.9 Å². The summed E-state index contributed by atoms with van der Waals surface area (Å²) in [5, 5.41) is 2.97. The second-order valence-corrected chi connectivity index (χ2v) is 5.56. The van der Waals surface area contributed by atoms with Crippen LogP contribution in [0, 0.1) is 0 Å². The van der Waals surface area contributed by atoms with Crippen molar-refractivity contribution in [2.24, 2.45) is 0 Å². The van der Waals surface area contributed by atoms with Gasteiger partial charge in [-0.2, -0.15) is 0 Å². The van der Waals surface area contributed by atoms with Crippen molar-refractivity contribution < 1.29 is 0 Å². The molecule has 0 radical (unpaired) electrons. The highest BCUT2D eigenvalue weighted by atomic mass is 79.9. The van der Waals surface area contributed by atoms with Gasteiger partial charge in [-0.15, -0.1) is 0 Å². The van der Waals surface area contributed by atoms with Gasteiger partial charge >= 0.3 is 0 Å². The fourth-order valence-corrected chi connectivity index (χ4v) is 2.67. The second kappa shape index (κ2) is 6.14. The fourth-order valence-electron chi connectivity index (χ4n) is 2.28. The van der Waals surface area contributed by atoms with Crippen molar-refractivity contribution in [3.63, 3.8) is 0 Å². The van der Waals surface area contributed by atoms with Gasteiger partial charge < -0.3 is 0 Å². The number of rotatable bonds is 2. The summed E-state index contributed by atoms with van der Waals surface area (Å²) in [6.45, 7) is 2.14. The van der Waals surface area contributed by atoms with Crippen molar-refractivity contribution in [1.29, 1.82) is 0 Å². The lowest BCUT2D eigenvalue weighted by Crippen LogP contribution is -2.37. The first-order valence-corrected chi connectivity index (χ1v) is 7.11. The molecule has 1 aromatic rings. The summed E-state index contributed by atoms with van der Waals surface area (Å²) in [5.74, 6) is 0.517. The first kappa shape index (κ1) is 13.3. The van der Waals surface area contributed by atoms with E-state index in [0.29, 0.717) is 10.9 Å². The maximum atomic E-state index is 6.11. The number of halogens is 2. The molecular formula is C12H17BrClN3. The molecule has 3 nitrogen and oxygen atoms in total. The van der Waals surface area contributed by atoms with E-state index in [-0.39, 0.29) is 0 Å². The number of nitrogens with zero attached hydrogens (tertiary/aromatic N) is 2. The molecule has 94 valence electrons. The quantitative estimate of drug-likeness (QED) is 0.849. The number of nitrogens with one attached hydrogen (secondary N) is 1. The normalized spacial score (nSPS) is 22.4. The summed E-state index contributed by atoms with van der Waals surface area (Å²) in [7, 11) is 1.98. The van der Waals surface area contributed by atoms with Crippen molar-refractivity contribution in [3.8, 4) is 0 Å². The Balaban J connectivity index is 2.16. The fraction of sp³-hybridized carbons (Fsp3) is 0.583. The van der Waals surface area contributed by atoms with E-state index in [1.165, 1.54) is 24.8 Å². The van der Waals surface area contributed by atoms with Gasteiger partial charge in [0.1, 0.15) is 4.60 Å². The van der Waals surface area contributed by atoms with Crippen molar-refractivity contribution >= 4 is 27.5 Å². The second-order valence-electron chi connectivity index (χ2n) is 4.40. The van der Waals surface area contributed by atoms with E-state index < -0.39 is 0 Å². The molecule has 1 N–H and O–H groups in total. The summed E-state index contributed by atoms with van der Waals surface area (Å²) in [5.41, 5.74) is 4.48. The molecule has 1 saturated heterocycles. The summed E-state index contributed by atoms with van der Waals surface area (Å²) < 4.78 is 0.724. The molecule has 2 heterocycles. The van der Waals surface area contributed by atoms with E-state index >= 15 is 0 Å². The predicted octanol–water partition coefficient (Wildman–Crippen LogP) is 3.20. The number of hydrogen-bond acceptors (Lipinski definition) is 3. The number of pyridine rings is 1. The Hall–Kier alpha value is -0.160. The number of hydrogen-bond donors (Lipinski definition) is 1. The van der Waals surface area contributed by atoms with E-state index in [0.717, 1.165) is 17.7 Å². The summed E-state index contributed by atoms with van der Waals surface area (Å²) in [6, 6.07) is 2.03. The third-order valence-electron chi connectivity index (χ3n) is 3.28. The third-order valence-corrected chi connectivity index (χ3v) is 4.42. The molecule has 0 saturated carbocycles. The van der Waals surface area contributed by atoms with Gasteiger partial charge in [0, 0.05) is 19.3 Å². The Kier molecular flexibility index (Phi) is 4.79. The van der Waals surface area contributed by atoms with Gasteiger partial charge in [0.25, 0.3) is 0 Å². The van der Waals surface area contributed by atoms with E-state index in [4.69, 9.17) is 11.6 Å². The van der Waals surface area contributed by atoms with Crippen LogP contribution in [0.1, 0.15) is 30.7 Å². The SMILES string of the molecule is CNN1CCCC[C@H](c2cnc(Br)c(Cl)c2)C1. The van der Waals surface area contributed by atoms with Crippen molar-refractivity contribution in [2.45, 2.75) is 25.2 Å². The lowest BCUT2D eigenvalue weighted by Gasteiger charge is -2.23. The largest absolute Gasteiger partial charge is 0.258 e. The Morgan fingerprint density at radius 2 is 2.35 bits per heavy atom. The van der Waals surface area contributed by atoms with E-state index in [1.807, 2.05) is 19.3 Å². The third kappa shape index (κ3) is 3.41.